The number of rotatable bonds is 1. The summed E-state index contributed by atoms with van der Waals surface area (Å²) in [6.45, 7) is 0. The maximum atomic E-state index is 10.8. The molecule has 2 aromatic rings. The van der Waals surface area contributed by atoms with Crippen molar-refractivity contribution >= 4 is 33.9 Å². The van der Waals surface area contributed by atoms with Crippen molar-refractivity contribution in [1.82, 2.24) is 4.98 Å². The second kappa shape index (κ2) is 4.27. The summed E-state index contributed by atoms with van der Waals surface area (Å²) in [4.78, 5) is 14.8. The lowest BCUT2D eigenvalue weighted by Gasteiger charge is -2.01. The third-order valence-electron chi connectivity index (χ3n) is 1.96. The largest absolute Gasteiger partial charge is 0.508 e. The second-order valence-electron chi connectivity index (χ2n) is 2.87. The molecule has 1 aromatic carbocycles. The smallest absolute Gasteiger partial charge is 0.336 e. The Hall–Kier alpha value is -1.62. The molecular formula is C10H8BrNO3. The Morgan fingerprint density at radius 3 is 2.67 bits per heavy atom. The first-order valence-electron chi connectivity index (χ1n) is 3.99. The van der Waals surface area contributed by atoms with Crippen LogP contribution in [0.25, 0.3) is 10.9 Å². The van der Waals surface area contributed by atoms with Gasteiger partial charge in [0.1, 0.15) is 5.75 Å². The number of hydrogen-bond acceptors (Lipinski definition) is 3. The molecule has 15 heavy (non-hydrogen) atoms. The third-order valence-corrected chi connectivity index (χ3v) is 1.96. The van der Waals surface area contributed by atoms with Gasteiger partial charge in [-0.2, -0.15) is 0 Å². The molecule has 0 saturated carbocycles. The zero-order valence-corrected chi connectivity index (χ0v) is 9.26. The van der Waals surface area contributed by atoms with Gasteiger partial charge in [-0.3, -0.25) is 4.98 Å². The van der Waals surface area contributed by atoms with Crippen LogP contribution in [0.15, 0.2) is 30.5 Å². The first kappa shape index (κ1) is 11.5. The van der Waals surface area contributed by atoms with E-state index in [0.29, 0.717) is 10.9 Å². The Morgan fingerprint density at radius 1 is 1.27 bits per heavy atom. The van der Waals surface area contributed by atoms with Crippen LogP contribution in [0.2, 0.25) is 0 Å². The fourth-order valence-electron chi connectivity index (χ4n) is 1.32. The van der Waals surface area contributed by atoms with E-state index in [0.717, 1.165) is 0 Å². The van der Waals surface area contributed by atoms with Crippen molar-refractivity contribution in [3.63, 3.8) is 0 Å². The fourth-order valence-corrected chi connectivity index (χ4v) is 1.32. The maximum absolute atomic E-state index is 10.8. The number of phenols is 1. The Kier molecular flexibility index (Phi) is 3.26. The third kappa shape index (κ3) is 2.07. The van der Waals surface area contributed by atoms with Gasteiger partial charge >= 0.3 is 5.97 Å². The van der Waals surface area contributed by atoms with Crippen LogP contribution >= 0.6 is 17.0 Å². The molecule has 0 radical (unpaired) electrons. The molecular weight excluding hydrogens is 262 g/mol. The van der Waals surface area contributed by atoms with Gasteiger partial charge < -0.3 is 10.2 Å². The summed E-state index contributed by atoms with van der Waals surface area (Å²) < 4.78 is 0. The van der Waals surface area contributed by atoms with Crippen molar-refractivity contribution in [2.45, 2.75) is 0 Å². The van der Waals surface area contributed by atoms with Gasteiger partial charge in [0.2, 0.25) is 0 Å². The number of fused-ring (bicyclic) bond motifs is 1. The molecule has 2 N–H and O–H groups in total. The van der Waals surface area contributed by atoms with Gasteiger partial charge in [-0.05, 0) is 24.3 Å². The number of carbonyl (C=O) groups is 1. The highest BCUT2D eigenvalue weighted by molar-refractivity contribution is 8.93. The first-order chi connectivity index (χ1) is 6.68. The lowest BCUT2D eigenvalue weighted by molar-refractivity contribution is 0.0699. The van der Waals surface area contributed by atoms with Gasteiger partial charge in [0.05, 0.1) is 11.1 Å². The molecule has 0 spiro atoms. The SMILES string of the molecule is Br.O=C(O)c1ccnc2ccc(O)cc12. The van der Waals surface area contributed by atoms with Crippen LogP contribution in [0, 0.1) is 0 Å². The van der Waals surface area contributed by atoms with Crippen LogP contribution in [0.3, 0.4) is 0 Å². The Morgan fingerprint density at radius 2 is 2.00 bits per heavy atom. The van der Waals surface area contributed by atoms with E-state index in [1.54, 1.807) is 6.07 Å². The normalized spacial score (nSPS) is 9.60. The number of aromatic carboxylic acids is 1. The van der Waals surface area contributed by atoms with E-state index in [2.05, 4.69) is 4.98 Å². The number of phenolic OH excluding ortho intramolecular Hbond substituents is 1. The van der Waals surface area contributed by atoms with Crippen molar-refractivity contribution in [1.29, 1.82) is 0 Å². The number of pyridine rings is 1. The molecule has 1 heterocycles. The highest BCUT2D eigenvalue weighted by Crippen LogP contribution is 2.21. The van der Waals surface area contributed by atoms with Crippen molar-refractivity contribution in [3.05, 3.63) is 36.0 Å². The van der Waals surface area contributed by atoms with Crippen LogP contribution in [-0.4, -0.2) is 21.2 Å². The van der Waals surface area contributed by atoms with Crippen LogP contribution < -0.4 is 0 Å². The highest BCUT2D eigenvalue weighted by atomic mass is 79.9. The molecule has 78 valence electrons. The average Bonchev–Trinajstić information content (AvgIpc) is 2.16. The number of benzene rings is 1. The Labute approximate surface area is 96.0 Å². The first-order valence-corrected chi connectivity index (χ1v) is 3.99. The lowest BCUT2D eigenvalue weighted by Crippen LogP contribution is -1.97. The van der Waals surface area contributed by atoms with Crippen molar-refractivity contribution < 1.29 is 15.0 Å². The van der Waals surface area contributed by atoms with E-state index in [4.69, 9.17) is 5.11 Å². The zero-order valence-electron chi connectivity index (χ0n) is 7.54. The predicted octanol–water partition coefficient (Wildman–Crippen LogP) is 2.22. The van der Waals surface area contributed by atoms with E-state index in [9.17, 15) is 9.90 Å². The van der Waals surface area contributed by atoms with Crippen molar-refractivity contribution in [2.75, 3.05) is 0 Å². The topological polar surface area (TPSA) is 70.4 Å². The molecule has 0 aliphatic carbocycles. The number of carboxylic acid groups (broad SMARTS) is 1. The number of aromatic nitrogens is 1. The molecule has 0 fully saturated rings. The number of nitrogens with zero attached hydrogens (tertiary/aromatic N) is 1. The minimum absolute atomic E-state index is 0. The predicted molar refractivity (Wildman–Crippen MR) is 60.7 cm³/mol. The zero-order chi connectivity index (χ0) is 10.1. The number of halogens is 1. The molecule has 0 unspecified atom stereocenters. The van der Waals surface area contributed by atoms with E-state index < -0.39 is 5.97 Å². The molecule has 5 heteroatoms. The van der Waals surface area contributed by atoms with E-state index in [1.807, 2.05) is 0 Å². The van der Waals surface area contributed by atoms with Crippen molar-refractivity contribution in [2.24, 2.45) is 0 Å². The molecule has 0 atom stereocenters. The number of aromatic hydroxyl groups is 1. The van der Waals surface area contributed by atoms with Gasteiger partial charge in [-0.15, -0.1) is 17.0 Å². The molecule has 0 saturated heterocycles. The molecule has 0 aliphatic rings. The lowest BCUT2D eigenvalue weighted by atomic mass is 10.1. The van der Waals surface area contributed by atoms with E-state index in [1.165, 1.54) is 24.4 Å². The van der Waals surface area contributed by atoms with E-state index >= 15 is 0 Å². The van der Waals surface area contributed by atoms with E-state index in [-0.39, 0.29) is 28.3 Å². The molecule has 2 rings (SSSR count). The van der Waals surface area contributed by atoms with Gasteiger partial charge in [0, 0.05) is 11.6 Å². The fraction of sp³-hybridized carbons (Fsp3) is 0. The van der Waals surface area contributed by atoms with Gasteiger partial charge in [-0.1, -0.05) is 0 Å². The van der Waals surface area contributed by atoms with Crippen LogP contribution in [0.1, 0.15) is 10.4 Å². The highest BCUT2D eigenvalue weighted by Gasteiger charge is 2.08. The van der Waals surface area contributed by atoms with Gasteiger partial charge in [0.15, 0.2) is 0 Å². The quantitative estimate of drug-likeness (QED) is 0.833. The minimum atomic E-state index is -1.02. The van der Waals surface area contributed by atoms with Gasteiger partial charge in [-0.25, -0.2) is 4.79 Å². The summed E-state index contributed by atoms with van der Waals surface area (Å²) >= 11 is 0. The number of carboxylic acids is 1. The molecule has 0 amide bonds. The molecule has 0 aliphatic heterocycles. The summed E-state index contributed by atoms with van der Waals surface area (Å²) in [6, 6.07) is 5.86. The Balaban J connectivity index is 0.00000112. The summed E-state index contributed by atoms with van der Waals surface area (Å²) in [5.74, 6) is -0.990. The van der Waals surface area contributed by atoms with Crippen molar-refractivity contribution in [3.8, 4) is 5.75 Å². The molecule has 1 aromatic heterocycles. The second-order valence-corrected chi connectivity index (χ2v) is 2.87. The average molecular weight is 270 g/mol. The van der Waals surface area contributed by atoms with Crippen LogP contribution in [-0.2, 0) is 0 Å². The minimum Gasteiger partial charge on any atom is -0.508 e. The standard InChI is InChI=1S/C10H7NO3.BrH/c12-6-1-2-9-8(5-6)7(10(13)14)3-4-11-9;/h1-5,12H,(H,13,14);1H. The maximum Gasteiger partial charge on any atom is 0.336 e. The van der Waals surface area contributed by atoms with Crippen LogP contribution in [0.4, 0.5) is 0 Å². The van der Waals surface area contributed by atoms with Crippen LogP contribution in [0.5, 0.6) is 5.75 Å². The summed E-state index contributed by atoms with van der Waals surface area (Å²) in [6.07, 6.45) is 1.43. The summed E-state index contributed by atoms with van der Waals surface area (Å²) in [5, 5.41) is 18.5. The molecule has 4 nitrogen and oxygen atoms in total. The molecule has 0 bridgehead atoms. The number of hydrogen-bond donors (Lipinski definition) is 2. The summed E-state index contributed by atoms with van der Waals surface area (Å²) in [7, 11) is 0. The Bertz CT molecular complexity index is 513. The monoisotopic (exact) mass is 269 g/mol. The van der Waals surface area contributed by atoms with Gasteiger partial charge in [0.25, 0.3) is 0 Å². The summed E-state index contributed by atoms with van der Waals surface area (Å²) in [5.41, 5.74) is 0.702.